The average molecular weight is 863 g/mol. The predicted octanol–water partition coefficient (Wildman–Crippen LogP) is 18.4. The van der Waals surface area contributed by atoms with Gasteiger partial charge in [-0.2, -0.15) is 0 Å². The van der Waals surface area contributed by atoms with Crippen molar-refractivity contribution in [1.29, 1.82) is 0 Å². The second-order valence-corrected chi connectivity index (χ2v) is 18.0. The molecule has 2 aliphatic carbocycles. The summed E-state index contributed by atoms with van der Waals surface area (Å²) in [6, 6.07) is 76.9. The van der Waals surface area contributed by atoms with Crippen LogP contribution in [-0.2, 0) is 11.8 Å². The Labute approximate surface area is 394 Å². The van der Waals surface area contributed by atoms with Crippen LogP contribution in [0.5, 0.6) is 0 Å². The van der Waals surface area contributed by atoms with Crippen molar-refractivity contribution in [2.24, 2.45) is 0 Å². The summed E-state index contributed by atoms with van der Waals surface area (Å²) in [7, 11) is 0. The van der Waals surface area contributed by atoms with Gasteiger partial charge in [0.2, 0.25) is 0 Å². The molecule has 0 fully saturated rings. The highest BCUT2D eigenvalue weighted by Gasteiger charge is 2.35. The molecule has 0 radical (unpaired) electrons. The molecule has 2 aliphatic rings. The summed E-state index contributed by atoms with van der Waals surface area (Å²) >= 11 is 0. The smallest absolute Gasteiger partial charge is 0.0548 e. The van der Waals surface area contributed by atoms with Gasteiger partial charge in [0.15, 0.2) is 0 Å². The monoisotopic (exact) mass is 862 g/mol. The molecule has 0 atom stereocenters. The Morgan fingerprint density at radius 1 is 0.433 bits per heavy atom. The number of aromatic amines is 1. The Hall–Kier alpha value is -7.94. The Bertz CT molecular complexity index is 3510. The van der Waals surface area contributed by atoms with E-state index in [1.807, 2.05) is 13.8 Å². The third-order valence-corrected chi connectivity index (χ3v) is 13.9. The first-order valence-electron chi connectivity index (χ1n) is 23.9. The summed E-state index contributed by atoms with van der Waals surface area (Å²) in [6.07, 6.45) is 6.84. The minimum atomic E-state index is -0.0536. The van der Waals surface area contributed by atoms with E-state index in [-0.39, 0.29) is 5.41 Å². The van der Waals surface area contributed by atoms with E-state index in [4.69, 9.17) is 0 Å². The Kier molecular flexibility index (Phi) is 10.9. The molecule has 0 unspecified atom stereocenters. The van der Waals surface area contributed by atoms with Crippen LogP contribution in [0.15, 0.2) is 218 Å². The van der Waals surface area contributed by atoms with Crippen LogP contribution >= 0.6 is 0 Å². The van der Waals surface area contributed by atoms with Crippen molar-refractivity contribution in [2.75, 3.05) is 4.90 Å². The summed E-state index contributed by atoms with van der Waals surface area (Å²) < 4.78 is 0. The first kappa shape index (κ1) is 41.7. The Balaban J connectivity index is 0.000000156. The number of aromatic nitrogens is 1. The van der Waals surface area contributed by atoms with E-state index in [1.165, 1.54) is 105 Å². The fourth-order valence-electron chi connectivity index (χ4n) is 10.7. The number of benzene rings is 10. The Morgan fingerprint density at radius 3 is 1.64 bits per heavy atom. The van der Waals surface area contributed by atoms with E-state index in [9.17, 15) is 0 Å². The molecule has 0 bridgehead atoms. The van der Waals surface area contributed by atoms with Gasteiger partial charge in [0.05, 0.1) is 5.52 Å². The number of allylic oxidation sites excluding steroid dienone is 1. The van der Waals surface area contributed by atoms with E-state index in [1.54, 1.807) is 0 Å². The number of nitrogens with zero attached hydrogens (tertiary/aromatic N) is 1. The zero-order valence-corrected chi connectivity index (χ0v) is 38.7. The van der Waals surface area contributed by atoms with Gasteiger partial charge in [-0.3, -0.25) is 0 Å². The van der Waals surface area contributed by atoms with Crippen molar-refractivity contribution in [3.8, 4) is 33.4 Å². The van der Waals surface area contributed by atoms with Crippen molar-refractivity contribution in [2.45, 2.75) is 46.0 Å². The molecule has 1 heterocycles. The van der Waals surface area contributed by atoms with Crippen LogP contribution in [0.1, 0.15) is 56.5 Å². The largest absolute Gasteiger partial charge is 0.357 e. The number of hydrogen-bond acceptors (Lipinski definition) is 1. The third kappa shape index (κ3) is 7.30. The topological polar surface area (TPSA) is 19.0 Å². The molecule has 11 aromatic rings. The zero-order chi connectivity index (χ0) is 45.5. The maximum Gasteiger partial charge on any atom is 0.0548 e. The number of rotatable bonds is 5. The zero-order valence-electron chi connectivity index (χ0n) is 38.7. The molecule has 2 nitrogen and oxygen atoms in total. The van der Waals surface area contributed by atoms with Gasteiger partial charge in [-0.25, -0.2) is 0 Å². The molecule has 13 rings (SSSR count). The van der Waals surface area contributed by atoms with Crippen molar-refractivity contribution >= 4 is 66.4 Å². The van der Waals surface area contributed by atoms with Crippen molar-refractivity contribution < 1.29 is 0 Å². The highest BCUT2D eigenvalue weighted by molar-refractivity contribution is 6.32. The van der Waals surface area contributed by atoms with Crippen LogP contribution in [0.4, 0.5) is 17.1 Å². The van der Waals surface area contributed by atoms with E-state index < -0.39 is 0 Å². The lowest BCUT2D eigenvalue weighted by atomic mass is 9.82. The number of anilines is 3. The fraction of sp³-hybridized carbons (Fsp3) is 0.108. The molecule has 0 amide bonds. The van der Waals surface area contributed by atoms with Crippen LogP contribution in [0, 0.1) is 0 Å². The third-order valence-electron chi connectivity index (χ3n) is 13.9. The SMILES string of the molecule is C1=Cc2c([nH]c3c4ccccc4c4ccc5ccccc5c4c23)CC1.CC.CC1(C)c2ccccc2-c2ccc(N(c3ccc(-c4ccccc4)cc3)c3ccc(-c4ccccc4)cc3)cc21. The highest BCUT2D eigenvalue weighted by Crippen LogP contribution is 2.51. The summed E-state index contributed by atoms with van der Waals surface area (Å²) in [6.45, 7) is 8.68. The average Bonchev–Trinajstić information content (AvgIpc) is 3.90. The molecule has 67 heavy (non-hydrogen) atoms. The minimum absolute atomic E-state index is 0.0536. The quantitative estimate of drug-likeness (QED) is 0.171. The van der Waals surface area contributed by atoms with Gasteiger partial charge in [-0.15, -0.1) is 0 Å². The standard InChI is InChI=1S/C39H31N.C24H17N.C2H6/c1-39(2)37-16-10-9-15-35(37)36-26-25-34(27-38(36)39)40(32-21-17-30(18-22-32)28-11-5-3-6-12-28)33-23-19-31(20-24-33)29-13-7-4-8-14-29;1-2-8-16-15(7-1)13-14-18-17-9-3-4-10-19(17)24-23(22(16)18)20-11-5-6-12-21(20)25-24;1-2/h3-27H,1-2H3;1-5,7-11,13-14,25H,6,12H2;1-2H3. The molecule has 1 N–H and O–H groups in total. The second-order valence-electron chi connectivity index (χ2n) is 18.0. The number of H-pyrrole nitrogens is 1. The number of aryl methyl sites for hydroxylation is 1. The fourth-order valence-corrected chi connectivity index (χ4v) is 10.7. The van der Waals surface area contributed by atoms with Gasteiger partial charge in [-0.1, -0.05) is 216 Å². The van der Waals surface area contributed by atoms with Crippen LogP contribution in [0.25, 0.3) is 82.7 Å². The van der Waals surface area contributed by atoms with Gasteiger partial charge < -0.3 is 9.88 Å². The lowest BCUT2D eigenvalue weighted by molar-refractivity contribution is 0.660. The minimum Gasteiger partial charge on any atom is -0.357 e. The van der Waals surface area contributed by atoms with Gasteiger partial charge in [0.25, 0.3) is 0 Å². The van der Waals surface area contributed by atoms with Crippen molar-refractivity contribution in [3.63, 3.8) is 0 Å². The van der Waals surface area contributed by atoms with Gasteiger partial charge in [-0.05, 0) is 115 Å². The van der Waals surface area contributed by atoms with E-state index in [0.717, 1.165) is 24.2 Å². The highest BCUT2D eigenvalue weighted by atomic mass is 15.1. The molecule has 0 saturated heterocycles. The molecule has 0 spiro atoms. The van der Waals surface area contributed by atoms with Crippen LogP contribution in [-0.4, -0.2) is 4.98 Å². The molecule has 1 aromatic heterocycles. The predicted molar refractivity (Wildman–Crippen MR) is 289 cm³/mol. The van der Waals surface area contributed by atoms with Crippen LogP contribution < -0.4 is 4.90 Å². The molecular weight excluding hydrogens is 809 g/mol. The van der Waals surface area contributed by atoms with Crippen LogP contribution in [0.2, 0.25) is 0 Å². The normalized spacial score (nSPS) is 13.0. The second kappa shape index (κ2) is 17.5. The lowest BCUT2D eigenvalue weighted by Crippen LogP contribution is -2.16. The lowest BCUT2D eigenvalue weighted by Gasteiger charge is -2.28. The maximum absolute atomic E-state index is 3.76. The van der Waals surface area contributed by atoms with Gasteiger partial charge in [0.1, 0.15) is 0 Å². The van der Waals surface area contributed by atoms with Gasteiger partial charge in [0, 0.05) is 49.9 Å². The molecule has 0 aliphatic heterocycles. The molecule has 10 aromatic carbocycles. The maximum atomic E-state index is 3.76. The summed E-state index contributed by atoms with van der Waals surface area (Å²) in [4.78, 5) is 6.14. The van der Waals surface area contributed by atoms with Crippen LogP contribution in [0.3, 0.4) is 0 Å². The van der Waals surface area contributed by atoms with E-state index in [0.29, 0.717) is 0 Å². The number of hydrogen-bond donors (Lipinski definition) is 1. The summed E-state index contributed by atoms with van der Waals surface area (Å²) in [5.74, 6) is 0. The molecular formula is C65H54N2. The summed E-state index contributed by atoms with van der Waals surface area (Å²) in [5.41, 5.74) is 17.8. The Morgan fingerprint density at radius 2 is 0.970 bits per heavy atom. The van der Waals surface area contributed by atoms with Crippen molar-refractivity contribution in [1.82, 2.24) is 4.98 Å². The molecule has 2 heteroatoms. The number of fused-ring (bicyclic) bond motifs is 13. The molecule has 0 saturated carbocycles. The first-order valence-corrected chi connectivity index (χ1v) is 23.9. The first-order chi connectivity index (χ1) is 33.0. The molecule has 324 valence electrons. The van der Waals surface area contributed by atoms with Gasteiger partial charge >= 0.3 is 0 Å². The summed E-state index contributed by atoms with van der Waals surface area (Å²) in [5, 5.41) is 9.43. The van der Waals surface area contributed by atoms with E-state index in [2.05, 4.69) is 248 Å². The van der Waals surface area contributed by atoms with E-state index >= 15 is 0 Å². The number of nitrogens with one attached hydrogen (secondary N) is 1. The van der Waals surface area contributed by atoms with Crippen molar-refractivity contribution in [3.05, 3.63) is 241 Å².